The summed E-state index contributed by atoms with van der Waals surface area (Å²) < 4.78 is 4.91. The van der Waals surface area contributed by atoms with Crippen LogP contribution in [0.3, 0.4) is 0 Å². The highest BCUT2D eigenvalue weighted by Gasteiger charge is 2.30. The Morgan fingerprint density at radius 2 is 2.25 bits per heavy atom. The molecule has 3 N–H and O–H groups in total. The first-order valence-electron chi connectivity index (χ1n) is 6.42. The number of carbonyl (C=O) groups excluding carboxylic acids is 1. The van der Waals surface area contributed by atoms with Crippen molar-refractivity contribution >= 4 is 17.3 Å². The normalized spacial score (nSPS) is 21.5. The average Bonchev–Trinajstić information content (AvgIpc) is 2.85. The highest BCUT2D eigenvalue weighted by Crippen LogP contribution is 2.31. The molecule has 2 rings (SSSR count). The van der Waals surface area contributed by atoms with Crippen molar-refractivity contribution in [3.05, 3.63) is 28.3 Å². The van der Waals surface area contributed by atoms with Crippen molar-refractivity contribution in [3.63, 3.8) is 0 Å². The van der Waals surface area contributed by atoms with Gasteiger partial charge in [0, 0.05) is 17.8 Å². The molecule has 0 bridgehead atoms. The molecular formula is C13H17N3O4. The third-order valence-corrected chi connectivity index (χ3v) is 3.55. The van der Waals surface area contributed by atoms with E-state index in [-0.39, 0.29) is 29.3 Å². The number of hydrogen-bond acceptors (Lipinski definition) is 5. The number of hydrogen-bond donors (Lipinski definition) is 2. The lowest BCUT2D eigenvalue weighted by Crippen LogP contribution is -2.34. The molecule has 1 amide bonds. The van der Waals surface area contributed by atoms with Crippen LogP contribution in [-0.4, -0.2) is 24.0 Å². The first kappa shape index (κ1) is 14.3. The molecule has 0 spiro atoms. The van der Waals surface area contributed by atoms with Gasteiger partial charge in [-0.1, -0.05) is 6.42 Å². The van der Waals surface area contributed by atoms with Gasteiger partial charge in [-0.15, -0.1) is 0 Å². The van der Waals surface area contributed by atoms with Crippen molar-refractivity contribution in [2.45, 2.75) is 25.3 Å². The number of anilines is 1. The molecule has 108 valence electrons. The predicted molar refractivity (Wildman–Crippen MR) is 73.6 cm³/mol. The fraction of sp³-hybridized carbons (Fsp3) is 0.462. The lowest BCUT2D eigenvalue weighted by molar-refractivity contribution is -0.385. The van der Waals surface area contributed by atoms with Gasteiger partial charge < -0.3 is 15.8 Å². The summed E-state index contributed by atoms with van der Waals surface area (Å²) >= 11 is 0. The summed E-state index contributed by atoms with van der Waals surface area (Å²) in [6.07, 6.45) is 2.52. The van der Waals surface area contributed by atoms with Gasteiger partial charge in [0.1, 0.15) is 0 Å². The Labute approximate surface area is 116 Å². The lowest BCUT2D eigenvalue weighted by atomic mass is 10.0. The lowest BCUT2D eigenvalue weighted by Gasteiger charge is -2.15. The molecule has 0 heterocycles. The first-order chi connectivity index (χ1) is 9.52. The second-order valence-corrected chi connectivity index (χ2v) is 4.83. The van der Waals surface area contributed by atoms with E-state index in [0.717, 1.165) is 19.3 Å². The van der Waals surface area contributed by atoms with Crippen LogP contribution in [-0.2, 0) is 4.79 Å². The Bertz CT molecular complexity index is 532. The van der Waals surface area contributed by atoms with Crippen LogP contribution >= 0.6 is 0 Å². The van der Waals surface area contributed by atoms with Crippen LogP contribution in [0.5, 0.6) is 5.75 Å². The predicted octanol–water partition coefficient (Wildman–Crippen LogP) is 1.67. The number of nitrogens with zero attached hydrogens (tertiary/aromatic N) is 1. The Hall–Kier alpha value is -2.15. The van der Waals surface area contributed by atoms with Crippen LogP contribution in [0.2, 0.25) is 0 Å². The van der Waals surface area contributed by atoms with Crippen molar-refractivity contribution in [1.82, 2.24) is 0 Å². The molecule has 7 heteroatoms. The van der Waals surface area contributed by atoms with Gasteiger partial charge >= 0.3 is 5.69 Å². The minimum Gasteiger partial charge on any atom is -0.490 e. The van der Waals surface area contributed by atoms with Crippen molar-refractivity contribution in [2.75, 3.05) is 12.4 Å². The smallest absolute Gasteiger partial charge is 0.312 e. The molecule has 1 fully saturated rings. The standard InChI is InChI=1S/C13H17N3O4/c1-20-12-6-5-8(7-11(12)16(18)19)15-13(17)9-3-2-4-10(9)14/h5-7,9-10H,2-4,14H2,1H3,(H,15,17). The number of nitrogens with one attached hydrogen (secondary N) is 1. The van der Waals surface area contributed by atoms with Crippen LogP contribution in [0.4, 0.5) is 11.4 Å². The van der Waals surface area contributed by atoms with Gasteiger partial charge in [0.05, 0.1) is 18.0 Å². The summed E-state index contributed by atoms with van der Waals surface area (Å²) in [6.45, 7) is 0. The number of nitrogens with two attached hydrogens (primary N) is 1. The molecule has 0 aromatic heterocycles. The fourth-order valence-electron chi connectivity index (χ4n) is 2.46. The molecule has 1 aliphatic rings. The van der Waals surface area contributed by atoms with Gasteiger partial charge in [-0.05, 0) is 25.0 Å². The molecule has 1 aromatic rings. The van der Waals surface area contributed by atoms with E-state index in [2.05, 4.69) is 5.32 Å². The van der Waals surface area contributed by atoms with Crippen molar-refractivity contribution in [3.8, 4) is 5.75 Å². The summed E-state index contributed by atoms with van der Waals surface area (Å²) in [4.78, 5) is 22.4. The third kappa shape index (κ3) is 2.88. The molecule has 0 aliphatic heterocycles. The molecule has 20 heavy (non-hydrogen) atoms. The first-order valence-corrected chi connectivity index (χ1v) is 6.42. The Balaban J connectivity index is 2.15. The average molecular weight is 279 g/mol. The molecule has 1 aromatic carbocycles. The van der Waals surface area contributed by atoms with E-state index in [1.54, 1.807) is 6.07 Å². The number of nitro groups is 1. The van der Waals surface area contributed by atoms with Gasteiger partial charge in [0.25, 0.3) is 0 Å². The van der Waals surface area contributed by atoms with Crippen LogP contribution in [0.15, 0.2) is 18.2 Å². The van der Waals surface area contributed by atoms with Crippen LogP contribution in [0.25, 0.3) is 0 Å². The van der Waals surface area contributed by atoms with E-state index < -0.39 is 4.92 Å². The molecular weight excluding hydrogens is 262 g/mol. The molecule has 1 saturated carbocycles. The van der Waals surface area contributed by atoms with Gasteiger partial charge in [0.2, 0.25) is 5.91 Å². The highest BCUT2D eigenvalue weighted by atomic mass is 16.6. The largest absolute Gasteiger partial charge is 0.490 e. The number of rotatable bonds is 4. The van der Waals surface area contributed by atoms with Gasteiger partial charge in [0.15, 0.2) is 5.75 Å². The second-order valence-electron chi connectivity index (χ2n) is 4.83. The van der Waals surface area contributed by atoms with Gasteiger partial charge in [-0.25, -0.2) is 0 Å². The zero-order valence-electron chi connectivity index (χ0n) is 11.2. The number of nitro benzene ring substituents is 1. The zero-order valence-corrected chi connectivity index (χ0v) is 11.2. The summed E-state index contributed by atoms with van der Waals surface area (Å²) in [7, 11) is 1.36. The van der Waals surface area contributed by atoms with Crippen LogP contribution in [0.1, 0.15) is 19.3 Å². The highest BCUT2D eigenvalue weighted by molar-refractivity contribution is 5.93. The molecule has 1 aliphatic carbocycles. The van der Waals surface area contributed by atoms with E-state index in [9.17, 15) is 14.9 Å². The maximum Gasteiger partial charge on any atom is 0.312 e. The summed E-state index contributed by atoms with van der Waals surface area (Å²) in [5.41, 5.74) is 6.07. The maximum atomic E-state index is 12.1. The Morgan fingerprint density at radius 1 is 1.50 bits per heavy atom. The van der Waals surface area contributed by atoms with E-state index in [0.29, 0.717) is 5.69 Å². The van der Waals surface area contributed by atoms with Crippen LogP contribution < -0.4 is 15.8 Å². The quantitative estimate of drug-likeness (QED) is 0.644. The van der Waals surface area contributed by atoms with E-state index >= 15 is 0 Å². The van der Waals surface area contributed by atoms with Crippen molar-refractivity contribution in [1.29, 1.82) is 0 Å². The molecule has 0 saturated heterocycles. The van der Waals surface area contributed by atoms with E-state index in [1.165, 1.54) is 19.2 Å². The van der Waals surface area contributed by atoms with Gasteiger partial charge in [-0.2, -0.15) is 0 Å². The van der Waals surface area contributed by atoms with Crippen LogP contribution in [0, 0.1) is 16.0 Å². The molecule has 7 nitrogen and oxygen atoms in total. The zero-order chi connectivity index (χ0) is 14.7. The van der Waals surface area contributed by atoms with Gasteiger partial charge in [-0.3, -0.25) is 14.9 Å². The Morgan fingerprint density at radius 3 is 2.80 bits per heavy atom. The SMILES string of the molecule is COc1ccc(NC(=O)C2CCCC2N)cc1[N+](=O)[O-]. The summed E-state index contributed by atoms with van der Waals surface area (Å²) in [6, 6.07) is 4.19. The number of carbonyl (C=O) groups is 1. The number of methoxy groups -OCH3 is 1. The number of ether oxygens (including phenoxy) is 1. The maximum absolute atomic E-state index is 12.1. The number of benzene rings is 1. The van der Waals surface area contributed by atoms with E-state index in [1.807, 2.05) is 0 Å². The topological polar surface area (TPSA) is 107 Å². The minimum absolute atomic E-state index is 0.136. The monoisotopic (exact) mass is 279 g/mol. The molecule has 0 radical (unpaired) electrons. The third-order valence-electron chi connectivity index (χ3n) is 3.55. The fourth-order valence-corrected chi connectivity index (χ4v) is 2.46. The van der Waals surface area contributed by atoms with Crippen molar-refractivity contribution in [2.24, 2.45) is 11.7 Å². The minimum atomic E-state index is -0.546. The molecule has 2 atom stereocenters. The van der Waals surface area contributed by atoms with E-state index in [4.69, 9.17) is 10.5 Å². The molecule has 2 unspecified atom stereocenters. The summed E-state index contributed by atoms with van der Waals surface area (Å²) in [5.74, 6) is -0.254. The van der Waals surface area contributed by atoms with Crippen molar-refractivity contribution < 1.29 is 14.5 Å². The Kier molecular flexibility index (Phi) is 4.19. The number of amides is 1. The summed E-state index contributed by atoms with van der Waals surface area (Å²) in [5, 5.41) is 13.6. The second kappa shape index (κ2) is 5.87.